The van der Waals surface area contributed by atoms with E-state index >= 15 is 0 Å². The van der Waals surface area contributed by atoms with Gasteiger partial charge in [-0.05, 0) is 66.2 Å². The second-order valence-corrected chi connectivity index (χ2v) is 6.69. The Morgan fingerprint density at radius 3 is 1.58 bits per heavy atom. The highest BCUT2D eigenvalue weighted by molar-refractivity contribution is 6.03. The number of hydrogen-bond acceptors (Lipinski definition) is 6. The zero-order valence-corrected chi connectivity index (χ0v) is 13.3. The van der Waals surface area contributed by atoms with E-state index in [-0.39, 0.29) is 31.9 Å². The Morgan fingerprint density at radius 1 is 0.792 bits per heavy atom. The molecule has 1 fully saturated rings. The van der Waals surface area contributed by atoms with Crippen molar-refractivity contribution in [3.63, 3.8) is 0 Å². The number of aliphatic hydroxyl groups is 2. The van der Waals surface area contributed by atoms with E-state index < -0.39 is 0 Å². The van der Waals surface area contributed by atoms with Gasteiger partial charge in [0.05, 0.1) is 24.3 Å². The van der Waals surface area contributed by atoms with Gasteiger partial charge in [0.1, 0.15) is 0 Å². The molecule has 1 heterocycles. The molecule has 4 aliphatic carbocycles. The number of ether oxygens (including phenoxy) is 2. The summed E-state index contributed by atoms with van der Waals surface area (Å²) in [6.07, 6.45) is 5.27. The van der Waals surface area contributed by atoms with Crippen molar-refractivity contribution >= 4 is 11.9 Å². The molecule has 4 bridgehead atoms. The highest BCUT2D eigenvalue weighted by atomic mass is 16.7. The molecule has 2 N–H and O–H groups in total. The van der Waals surface area contributed by atoms with Crippen molar-refractivity contribution in [3.8, 4) is 0 Å². The number of benzene rings is 1. The van der Waals surface area contributed by atoms with Gasteiger partial charge in [-0.3, -0.25) is 0 Å². The minimum atomic E-state index is -0.302. The van der Waals surface area contributed by atoms with Gasteiger partial charge in [-0.15, -0.1) is 0 Å². The topological polar surface area (TPSA) is 93.1 Å². The maximum absolute atomic E-state index is 12.3. The van der Waals surface area contributed by atoms with Crippen molar-refractivity contribution in [3.05, 3.63) is 33.4 Å². The Kier molecular flexibility index (Phi) is 3.81. The third kappa shape index (κ3) is 2.24. The van der Waals surface area contributed by atoms with E-state index in [0.29, 0.717) is 11.8 Å². The Hall–Kier alpha value is -1.92. The van der Waals surface area contributed by atoms with Crippen LogP contribution in [0.3, 0.4) is 0 Å². The van der Waals surface area contributed by atoms with Crippen LogP contribution in [0.25, 0.3) is 0 Å². The Bertz CT molecular complexity index is 656. The maximum atomic E-state index is 12.3. The van der Waals surface area contributed by atoms with Crippen molar-refractivity contribution in [2.24, 2.45) is 0 Å². The summed E-state index contributed by atoms with van der Waals surface area (Å²) in [5.74, 6) is 0.244. The predicted octanol–water partition coefficient (Wildman–Crippen LogP) is 1.60. The standard InChI is InChI=1S/C16H14O4.C2H6O2/c17-15-13-9-5-10(9)14(16(18)20-6-19-15)12-8-2-1-7(3-4-8)11(12)13;3-1-2-4/h7-8H,1-6H2;3-4H,1-2H2. The molecule has 1 aromatic carbocycles. The van der Waals surface area contributed by atoms with Crippen LogP contribution in [-0.2, 0) is 15.9 Å². The van der Waals surface area contributed by atoms with Crippen LogP contribution in [0, 0.1) is 0 Å². The van der Waals surface area contributed by atoms with Gasteiger partial charge in [0.15, 0.2) is 0 Å². The fourth-order valence-electron chi connectivity index (χ4n) is 4.47. The maximum Gasteiger partial charge on any atom is 0.341 e. The number of rotatable bonds is 1. The normalized spacial score (nSPS) is 25.2. The van der Waals surface area contributed by atoms with E-state index in [1.54, 1.807) is 0 Å². The molecule has 0 spiro atoms. The van der Waals surface area contributed by atoms with E-state index in [9.17, 15) is 9.59 Å². The summed E-state index contributed by atoms with van der Waals surface area (Å²) < 4.78 is 10.2. The van der Waals surface area contributed by atoms with E-state index in [1.807, 2.05) is 0 Å². The zero-order valence-electron chi connectivity index (χ0n) is 13.3. The van der Waals surface area contributed by atoms with Crippen LogP contribution in [0.2, 0.25) is 0 Å². The third-order valence-electron chi connectivity index (χ3n) is 5.46. The molecule has 0 saturated heterocycles. The lowest BCUT2D eigenvalue weighted by atomic mass is 9.64. The molecule has 6 nitrogen and oxygen atoms in total. The van der Waals surface area contributed by atoms with Gasteiger partial charge in [-0.25, -0.2) is 9.59 Å². The summed E-state index contributed by atoms with van der Waals surface area (Å²) in [6.45, 7) is -0.513. The molecule has 5 aliphatic rings. The quantitative estimate of drug-likeness (QED) is 0.771. The van der Waals surface area contributed by atoms with Crippen LogP contribution >= 0.6 is 0 Å². The van der Waals surface area contributed by atoms with Gasteiger partial charge in [-0.2, -0.15) is 0 Å². The van der Waals surface area contributed by atoms with E-state index in [0.717, 1.165) is 65.5 Å². The van der Waals surface area contributed by atoms with Gasteiger partial charge >= 0.3 is 11.9 Å². The SMILES string of the molecule is O=C1OCOC(=O)c2c3c(c1c1c2C2CCC1CC2)C3.OCCO. The number of fused-ring (bicyclic) bond motifs is 2. The van der Waals surface area contributed by atoms with E-state index in [4.69, 9.17) is 19.7 Å². The molecular weight excluding hydrogens is 312 g/mol. The second-order valence-electron chi connectivity index (χ2n) is 6.69. The molecule has 0 radical (unpaired) electrons. The minimum Gasteiger partial charge on any atom is -0.424 e. The van der Waals surface area contributed by atoms with E-state index in [1.165, 1.54) is 0 Å². The molecule has 24 heavy (non-hydrogen) atoms. The van der Waals surface area contributed by atoms with Gasteiger partial charge in [0.2, 0.25) is 6.79 Å². The molecule has 0 amide bonds. The third-order valence-corrected chi connectivity index (χ3v) is 5.46. The lowest BCUT2D eigenvalue weighted by molar-refractivity contribution is -0.0163. The molecule has 0 atom stereocenters. The Labute approximate surface area is 139 Å². The largest absolute Gasteiger partial charge is 0.424 e. The van der Waals surface area contributed by atoms with Crippen LogP contribution < -0.4 is 0 Å². The summed E-state index contributed by atoms with van der Waals surface area (Å²) in [6, 6.07) is 0. The van der Waals surface area contributed by atoms with Gasteiger partial charge < -0.3 is 19.7 Å². The van der Waals surface area contributed by atoms with Gasteiger partial charge in [0, 0.05) is 0 Å². The lowest BCUT2D eigenvalue weighted by Crippen LogP contribution is -2.26. The molecule has 1 aromatic rings. The summed E-state index contributed by atoms with van der Waals surface area (Å²) in [5.41, 5.74) is 5.87. The van der Waals surface area contributed by atoms with Gasteiger partial charge in [-0.1, -0.05) is 0 Å². The molecule has 1 aliphatic heterocycles. The van der Waals surface area contributed by atoms with Crippen LogP contribution in [0.5, 0.6) is 0 Å². The first-order valence-electron chi connectivity index (χ1n) is 8.44. The molecule has 0 aromatic heterocycles. The fraction of sp³-hybridized carbons (Fsp3) is 0.556. The average molecular weight is 332 g/mol. The first-order valence-corrected chi connectivity index (χ1v) is 8.44. The summed E-state index contributed by atoms with van der Waals surface area (Å²) in [7, 11) is 0. The highest BCUT2D eigenvalue weighted by Gasteiger charge is 2.46. The second kappa shape index (κ2) is 5.86. The number of carbonyl (C=O) groups is 2. The lowest BCUT2D eigenvalue weighted by Gasteiger charge is -2.39. The molecule has 1 saturated carbocycles. The number of cyclic esters (lactones) is 2. The van der Waals surface area contributed by atoms with Crippen molar-refractivity contribution in [2.45, 2.75) is 43.9 Å². The van der Waals surface area contributed by atoms with E-state index in [2.05, 4.69) is 0 Å². The monoisotopic (exact) mass is 332 g/mol. The molecule has 6 heteroatoms. The molecular formula is C18H20O6. The van der Waals surface area contributed by atoms with Crippen molar-refractivity contribution in [1.82, 2.24) is 0 Å². The van der Waals surface area contributed by atoms with Crippen LogP contribution in [0.15, 0.2) is 0 Å². The highest BCUT2D eigenvalue weighted by Crippen LogP contribution is 2.56. The van der Waals surface area contributed by atoms with Crippen molar-refractivity contribution in [2.75, 3.05) is 20.0 Å². The molecule has 128 valence electrons. The zero-order chi connectivity index (χ0) is 16.8. The number of esters is 2. The summed E-state index contributed by atoms with van der Waals surface area (Å²) >= 11 is 0. The Balaban J connectivity index is 0.000000332. The average Bonchev–Trinajstić information content (AvgIpc) is 3.39. The molecule has 0 unspecified atom stereocenters. The van der Waals surface area contributed by atoms with Crippen LogP contribution in [0.1, 0.15) is 80.5 Å². The molecule has 6 rings (SSSR count). The first kappa shape index (κ1) is 15.6. The van der Waals surface area contributed by atoms with Crippen LogP contribution in [-0.4, -0.2) is 42.2 Å². The first-order chi connectivity index (χ1) is 11.7. The fourth-order valence-corrected chi connectivity index (χ4v) is 4.47. The van der Waals surface area contributed by atoms with Crippen molar-refractivity contribution in [1.29, 1.82) is 0 Å². The smallest absolute Gasteiger partial charge is 0.341 e. The Morgan fingerprint density at radius 2 is 1.21 bits per heavy atom. The minimum absolute atomic E-state index is 0.125. The number of hydrogen-bond donors (Lipinski definition) is 2. The predicted molar refractivity (Wildman–Crippen MR) is 83.1 cm³/mol. The van der Waals surface area contributed by atoms with Crippen LogP contribution in [0.4, 0.5) is 0 Å². The van der Waals surface area contributed by atoms with Crippen molar-refractivity contribution < 1.29 is 29.3 Å². The summed E-state index contributed by atoms with van der Waals surface area (Å²) in [5, 5.41) is 15.2. The number of aliphatic hydroxyl groups excluding tert-OH is 2. The summed E-state index contributed by atoms with van der Waals surface area (Å²) in [4.78, 5) is 24.6. The van der Waals surface area contributed by atoms with Gasteiger partial charge in [0.25, 0.3) is 0 Å². The number of carbonyl (C=O) groups excluding carboxylic acids is 2.